The molecule has 0 atom stereocenters. The Bertz CT molecular complexity index is 1450. The normalized spacial score (nSPS) is 16.8. The van der Waals surface area contributed by atoms with Crippen molar-refractivity contribution >= 4 is 44.1 Å². The smallest absolute Gasteiger partial charge is 0.410 e. The summed E-state index contributed by atoms with van der Waals surface area (Å²) in [6, 6.07) is 10.7. The molecule has 1 saturated carbocycles. The van der Waals surface area contributed by atoms with Crippen LogP contribution in [0.15, 0.2) is 52.4 Å². The molecule has 0 bridgehead atoms. The number of anilines is 1. The molecule has 2 fully saturated rings. The maximum atomic E-state index is 13.9. The van der Waals surface area contributed by atoms with E-state index in [1.165, 1.54) is 0 Å². The highest BCUT2D eigenvalue weighted by atomic mass is 35.5. The first-order chi connectivity index (χ1) is 17.5. The number of amides is 1. The van der Waals surface area contributed by atoms with Gasteiger partial charge in [0.2, 0.25) is 9.84 Å². The second-order valence-corrected chi connectivity index (χ2v) is 12.9. The van der Waals surface area contributed by atoms with Crippen LogP contribution in [-0.4, -0.2) is 62.9 Å². The highest BCUT2D eigenvalue weighted by Gasteiger charge is 2.32. The molecular weight excluding hydrogens is 514 g/mol. The van der Waals surface area contributed by atoms with Crippen LogP contribution in [0.1, 0.15) is 39.7 Å². The van der Waals surface area contributed by atoms with Crippen molar-refractivity contribution in [3.8, 4) is 5.75 Å². The Balaban J connectivity index is 1.46. The first-order valence-electron chi connectivity index (χ1n) is 12.4. The third-order valence-electron chi connectivity index (χ3n) is 6.72. The van der Waals surface area contributed by atoms with Crippen molar-refractivity contribution in [2.75, 3.05) is 38.2 Å². The highest BCUT2D eigenvalue weighted by Crippen LogP contribution is 2.42. The zero-order chi connectivity index (χ0) is 26.5. The predicted octanol–water partition coefficient (Wildman–Crippen LogP) is 5.53. The second kappa shape index (κ2) is 9.44. The van der Waals surface area contributed by atoms with Gasteiger partial charge in [0, 0.05) is 54.3 Å². The zero-order valence-electron chi connectivity index (χ0n) is 21.5. The molecule has 2 aliphatic rings. The molecule has 1 amide bonds. The Morgan fingerprint density at radius 3 is 2.35 bits per heavy atom. The van der Waals surface area contributed by atoms with E-state index in [4.69, 9.17) is 21.1 Å². The number of nitrogens with zero attached hydrogens (tertiary/aromatic N) is 3. The minimum Gasteiger partial charge on any atom is -0.495 e. The Morgan fingerprint density at radius 1 is 1.03 bits per heavy atom. The molecule has 0 radical (unpaired) electrons. The fourth-order valence-electron chi connectivity index (χ4n) is 4.73. The van der Waals surface area contributed by atoms with Crippen molar-refractivity contribution in [2.24, 2.45) is 0 Å². The Hall–Kier alpha value is -2.91. The van der Waals surface area contributed by atoms with Gasteiger partial charge >= 0.3 is 6.09 Å². The van der Waals surface area contributed by atoms with E-state index in [-0.39, 0.29) is 15.9 Å². The highest BCUT2D eigenvalue weighted by molar-refractivity contribution is 7.91. The van der Waals surface area contributed by atoms with Crippen LogP contribution in [0.5, 0.6) is 5.75 Å². The molecule has 1 aliphatic heterocycles. The van der Waals surface area contributed by atoms with Gasteiger partial charge in [0.05, 0.1) is 22.6 Å². The molecule has 0 N–H and O–H groups in total. The van der Waals surface area contributed by atoms with Crippen LogP contribution < -0.4 is 9.64 Å². The number of piperazine rings is 1. The lowest BCUT2D eigenvalue weighted by Gasteiger charge is -2.37. The number of carbonyl (C=O) groups is 1. The lowest BCUT2D eigenvalue weighted by Crippen LogP contribution is -2.50. The number of benzene rings is 2. The SMILES string of the molecule is COc1ccc(S(=O)(=O)c2cn(C3CC3)c3ccc(Cl)cc23)cc1N1CCN(C(=O)OC(C)(C)C)CC1. The van der Waals surface area contributed by atoms with Gasteiger partial charge in [-0.25, -0.2) is 13.2 Å². The molecule has 8 nitrogen and oxygen atoms in total. The van der Waals surface area contributed by atoms with Crippen molar-refractivity contribution < 1.29 is 22.7 Å². The first-order valence-corrected chi connectivity index (χ1v) is 14.3. The zero-order valence-corrected chi connectivity index (χ0v) is 23.1. The minimum absolute atomic E-state index is 0.188. The molecule has 3 aromatic rings. The average Bonchev–Trinajstić information content (AvgIpc) is 3.62. The fraction of sp³-hybridized carbons (Fsp3) is 0.444. The summed E-state index contributed by atoms with van der Waals surface area (Å²) in [5.41, 5.74) is 0.987. The topological polar surface area (TPSA) is 81.1 Å². The molecule has 37 heavy (non-hydrogen) atoms. The molecule has 0 unspecified atom stereocenters. The molecule has 1 aliphatic carbocycles. The lowest BCUT2D eigenvalue weighted by atomic mass is 10.2. The van der Waals surface area contributed by atoms with Crippen molar-refractivity contribution in [2.45, 2.75) is 55.0 Å². The van der Waals surface area contributed by atoms with Crippen LogP contribution in [0, 0.1) is 0 Å². The molecule has 2 aromatic carbocycles. The van der Waals surface area contributed by atoms with Crippen LogP contribution >= 0.6 is 11.6 Å². The largest absolute Gasteiger partial charge is 0.495 e. The van der Waals surface area contributed by atoms with Gasteiger partial charge in [0.25, 0.3) is 0 Å². The molecule has 2 heterocycles. The number of halogens is 1. The van der Waals surface area contributed by atoms with E-state index >= 15 is 0 Å². The van der Waals surface area contributed by atoms with E-state index < -0.39 is 15.4 Å². The molecule has 198 valence electrons. The fourth-order valence-corrected chi connectivity index (χ4v) is 6.38. The van der Waals surface area contributed by atoms with Gasteiger partial charge in [-0.15, -0.1) is 0 Å². The Kier molecular flexibility index (Phi) is 6.56. The second-order valence-electron chi connectivity index (χ2n) is 10.6. The van der Waals surface area contributed by atoms with Gasteiger partial charge in [-0.05, 0) is 70.0 Å². The van der Waals surface area contributed by atoms with Crippen molar-refractivity contribution in [1.82, 2.24) is 9.47 Å². The summed E-state index contributed by atoms with van der Waals surface area (Å²) >= 11 is 6.26. The van der Waals surface area contributed by atoms with Gasteiger partial charge in [-0.2, -0.15) is 0 Å². The monoisotopic (exact) mass is 545 g/mol. The van der Waals surface area contributed by atoms with Crippen LogP contribution in [0.25, 0.3) is 10.9 Å². The number of ether oxygens (including phenoxy) is 2. The summed E-state index contributed by atoms with van der Waals surface area (Å²) in [7, 11) is -2.28. The quantitative estimate of drug-likeness (QED) is 0.419. The summed E-state index contributed by atoms with van der Waals surface area (Å²) in [5, 5.41) is 1.12. The van der Waals surface area contributed by atoms with E-state index in [1.807, 2.05) is 31.7 Å². The van der Waals surface area contributed by atoms with E-state index in [2.05, 4.69) is 4.57 Å². The Morgan fingerprint density at radius 2 is 1.73 bits per heavy atom. The molecule has 10 heteroatoms. The summed E-state index contributed by atoms with van der Waals surface area (Å²) in [4.78, 5) is 16.6. The summed E-state index contributed by atoms with van der Waals surface area (Å²) in [6.45, 7) is 7.49. The van der Waals surface area contributed by atoms with Crippen LogP contribution in [-0.2, 0) is 14.6 Å². The van der Waals surface area contributed by atoms with E-state index in [9.17, 15) is 13.2 Å². The number of carbonyl (C=O) groups excluding carboxylic acids is 1. The van der Waals surface area contributed by atoms with Gasteiger partial charge in [-0.1, -0.05) is 11.6 Å². The third-order valence-corrected chi connectivity index (χ3v) is 8.74. The van der Waals surface area contributed by atoms with Crippen LogP contribution in [0.3, 0.4) is 0 Å². The average molecular weight is 546 g/mol. The number of rotatable bonds is 5. The van der Waals surface area contributed by atoms with Gasteiger partial charge in [-0.3, -0.25) is 0 Å². The van der Waals surface area contributed by atoms with Gasteiger partial charge in [0.1, 0.15) is 11.4 Å². The van der Waals surface area contributed by atoms with Crippen molar-refractivity contribution in [3.63, 3.8) is 0 Å². The standard InChI is InChI=1S/C27H32ClN3O5S/c1-27(2,3)36-26(32)30-13-11-29(12-14-30)23-16-20(8-10-24(23)35-4)37(33,34)25-17-31(19-6-7-19)22-9-5-18(28)15-21(22)25/h5,8-10,15-17,19H,6-7,11-14H2,1-4H3. The van der Waals surface area contributed by atoms with E-state index in [0.717, 1.165) is 18.4 Å². The van der Waals surface area contributed by atoms with E-state index in [0.29, 0.717) is 54.1 Å². The maximum Gasteiger partial charge on any atom is 0.410 e. The molecule has 0 spiro atoms. The third kappa shape index (κ3) is 5.11. The van der Waals surface area contributed by atoms with Crippen molar-refractivity contribution in [3.05, 3.63) is 47.6 Å². The number of aromatic nitrogens is 1. The number of hydrogen-bond donors (Lipinski definition) is 0. The molecule has 5 rings (SSSR count). The summed E-state index contributed by atoms with van der Waals surface area (Å²) in [5.74, 6) is 0.577. The van der Waals surface area contributed by atoms with Crippen molar-refractivity contribution in [1.29, 1.82) is 0 Å². The van der Waals surface area contributed by atoms with Gasteiger partial charge < -0.3 is 23.8 Å². The van der Waals surface area contributed by atoms with Gasteiger partial charge in [0.15, 0.2) is 0 Å². The molecular formula is C27H32ClN3O5S. The molecule has 1 saturated heterocycles. The Labute approximate surface area is 222 Å². The first kappa shape index (κ1) is 25.7. The lowest BCUT2D eigenvalue weighted by molar-refractivity contribution is 0.0240. The predicted molar refractivity (Wildman–Crippen MR) is 144 cm³/mol. The maximum absolute atomic E-state index is 13.9. The summed E-state index contributed by atoms with van der Waals surface area (Å²) in [6.07, 6.45) is 3.47. The number of fused-ring (bicyclic) bond motifs is 1. The molecule has 1 aromatic heterocycles. The number of methoxy groups -OCH3 is 1. The van der Waals surface area contributed by atoms with Crippen LogP contribution in [0.2, 0.25) is 5.02 Å². The minimum atomic E-state index is -3.84. The number of sulfone groups is 1. The number of hydrogen-bond acceptors (Lipinski definition) is 6. The van der Waals surface area contributed by atoms with Crippen LogP contribution in [0.4, 0.5) is 10.5 Å². The summed E-state index contributed by atoms with van der Waals surface area (Å²) < 4.78 is 41.0. The van der Waals surface area contributed by atoms with E-state index in [1.54, 1.807) is 48.5 Å².